The van der Waals surface area contributed by atoms with E-state index in [0.717, 1.165) is 0 Å². The van der Waals surface area contributed by atoms with E-state index in [1.807, 2.05) is 0 Å². The fourth-order valence-electron chi connectivity index (χ4n) is 1.21. The van der Waals surface area contributed by atoms with Crippen molar-refractivity contribution in [2.45, 2.75) is 12.2 Å². The summed E-state index contributed by atoms with van der Waals surface area (Å²) < 4.78 is 4.91. The lowest BCUT2D eigenvalue weighted by atomic mass is 10.1. The van der Waals surface area contributed by atoms with Crippen LogP contribution in [0, 0.1) is 0 Å². The molecule has 3 nitrogen and oxygen atoms in total. The maximum Gasteiger partial charge on any atom is 0.110 e. The molecule has 0 unspecified atom stereocenters. The number of hydrogen-bond donors (Lipinski definition) is 2. The first-order chi connectivity index (χ1) is 6.69. The fourth-order valence-corrected chi connectivity index (χ4v) is 1.41. The van der Waals surface area contributed by atoms with Crippen molar-refractivity contribution in [2.75, 3.05) is 13.7 Å². The fraction of sp³-hybridized carbons (Fsp3) is 0.400. The number of benzene rings is 1. The van der Waals surface area contributed by atoms with Gasteiger partial charge < -0.3 is 14.9 Å². The van der Waals surface area contributed by atoms with Gasteiger partial charge in [-0.3, -0.25) is 0 Å². The van der Waals surface area contributed by atoms with Gasteiger partial charge >= 0.3 is 0 Å². The average molecular weight is 217 g/mol. The first-order valence-corrected chi connectivity index (χ1v) is 4.64. The molecule has 0 aliphatic rings. The third-order valence-electron chi connectivity index (χ3n) is 2.03. The number of halogens is 1. The van der Waals surface area contributed by atoms with Crippen LogP contribution in [-0.2, 0) is 4.74 Å². The molecular weight excluding hydrogens is 204 g/mol. The summed E-state index contributed by atoms with van der Waals surface area (Å²) >= 11 is 5.77. The zero-order valence-electron chi connectivity index (χ0n) is 7.85. The molecule has 0 heterocycles. The Hall–Kier alpha value is -0.610. The van der Waals surface area contributed by atoms with Crippen LogP contribution in [0.3, 0.4) is 0 Å². The van der Waals surface area contributed by atoms with E-state index >= 15 is 0 Å². The van der Waals surface area contributed by atoms with E-state index in [-0.39, 0.29) is 6.61 Å². The lowest BCUT2D eigenvalue weighted by molar-refractivity contribution is -0.0424. The molecule has 78 valence electrons. The molecule has 0 aliphatic carbocycles. The van der Waals surface area contributed by atoms with Gasteiger partial charge in [-0.2, -0.15) is 0 Å². The summed E-state index contributed by atoms with van der Waals surface area (Å²) in [4.78, 5) is 0. The molecule has 1 aromatic carbocycles. The van der Waals surface area contributed by atoms with E-state index in [1.165, 1.54) is 7.11 Å². The lowest BCUT2D eigenvalue weighted by Gasteiger charge is -2.19. The minimum Gasteiger partial charge on any atom is -0.394 e. The molecule has 1 aromatic rings. The molecule has 1 rings (SSSR count). The van der Waals surface area contributed by atoms with Crippen molar-refractivity contribution in [3.05, 3.63) is 34.9 Å². The molecule has 2 N–H and O–H groups in total. The Morgan fingerprint density at radius 1 is 1.50 bits per heavy atom. The highest BCUT2D eigenvalue weighted by Gasteiger charge is 2.19. The Kier molecular flexibility index (Phi) is 4.35. The molecule has 0 bridgehead atoms. The van der Waals surface area contributed by atoms with Crippen LogP contribution in [0.4, 0.5) is 0 Å². The van der Waals surface area contributed by atoms with Gasteiger partial charge in [0.2, 0.25) is 0 Å². The standard InChI is InChI=1S/C10H13ClO3/c1-14-9(6-12)10(13)7-3-2-4-8(11)5-7/h2-5,9-10,12-13H,6H2,1H3/t9-,10+/m0/s1. The van der Waals surface area contributed by atoms with Gasteiger partial charge in [-0.1, -0.05) is 23.7 Å². The van der Waals surface area contributed by atoms with Gasteiger partial charge in [0.1, 0.15) is 12.2 Å². The van der Waals surface area contributed by atoms with Gasteiger partial charge in [-0.15, -0.1) is 0 Å². The predicted octanol–water partition coefficient (Wildman–Crippen LogP) is 1.38. The molecule has 0 fully saturated rings. The molecule has 0 saturated heterocycles. The molecule has 0 amide bonds. The summed E-state index contributed by atoms with van der Waals surface area (Å²) in [6.07, 6.45) is -1.47. The molecule has 0 spiro atoms. The smallest absolute Gasteiger partial charge is 0.110 e. The highest BCUT2D eigenvalue weighted by Crippen LogP contribution is 2.21. The lowest BCUT2D eigenvalue weighted by Crippen LogP contribution is -2.24. The van der Waals surface area contributed by atoms with E-state index in [2.05, 4.69) is 0 Å². The van der Waals surface area contributed by atoms with Crippen LogP contribution in [0.25, 0.3) is 0 Å². The summed E-state index contributed by atoms with van der Waals surface area (Å²) in [6, 6.07) is 6.84. The van der Waals surface area contributed by atoms with Gasteiger partial charge in [-0.25, -0.2) is 0 Å². The Balaban J connectivity index is 2.82. The quantitative estimate of drug-likeness (QED) is 0.800. The van der Waals surface area contributed by atoms with Gasteiger partial charge in [-0.05, 0) is 17.7 Å². The third-order valence-corrected chi connectivity index (χ3v) is 2.26. The van der Waals surface area contributed by atoms with Crippen LogP contribution in [0.1, 0.15) is 11.7 Å². The molecule has 0 radical (unpaired) electrons. The van der Waals surface area contributed by atoms with Crippen LogP contribution < -0.4 is 0 Å². The van der Waals surface area contributed by atoms with Crippen molar-refractivity contribution in [3.63, 3.8) is 0 Å². The third kappa shape index (κ3) is 2.69. The van der Waals surface area contributed by atoms with E-state index < -0.39 is 12.2 Å². The van der Waals surface area contributed by atoms with Gasteiger partial charge in [0.05, 0.1) is 6.61 Å². The number of aliphatic hydroxyl groups excluding tert-OH is 2. The summed E-state index contributed by atoms with van der Waals surface area (Å²) in [5.41, 5.74) is 0.637. The van der Waals surface area contributed by atoms with Crippen LogP contribution in [0.15, 0.2) is 24.3 Å². The number of methoxy groups -OCH3 is 1. The minimum absolute atomic E-state index is 0.232. The molecule has 0 aromatic heterocycles. The highest BCUT2D eigenvalue weighted by molar-refractivity contribution is 6.30. The Labute approximate surface area is 87.9 Å². The predicted molar refractivity (Wildman–Crippen MR) is 54.3 cm³/mol. The SMILES string of the molecule is CO[C@@H](CO)[C@H](O)c1cccc(Cl)c1. The molecule has 14 heavy (non-hydrogen) atoms. The second-order valence-electron chi connectivity index (χ2n) is 2.96. The molecular formula is C10H13ClO3. The van der Waals surface area contributed by atoms with E-state index in [9.17, 15) is 5.11 Å². The van der Waals surface area contributed by atoms with Crippen molar-refractivity contribution < 1.29 is 14.9 Å². The maximum absolute atomic E-state index is 9.76. The summed E-state index contributed by atoms with van der Waals surface area (Å²) in [7, 11) is 1.44. The summed E-state index contributed by atoms with van der Waals surface area (Å²) in [5, 5.41) is 19.2. The molecule has 2 atom stereocenters. The van der Waals surface area contributed by atoms with E-state index in [1.54, 1.807) is 24.3 Å². The zero-order chi connectivity index (χ0) is 10.6. The van der Waals surface area contributed by atoms with Crippen LogP contribution in [-0.4, -0.2) is 30.0 Å². The molecule has 4 heteroatoms. The number of hydrogen-bond acceptors (Lipinski definition) is 3. The summed E-state index contributed by atoms with van der Waals surface area (Å²) in [5.74, 6) is 0. The van der Waals surface area contributed by atoms with Crippen molar-refractivity contribution in [1.82, 2.24) is 0 Å². The maximum atomic E-state index is 9.76. The number of rotatable bonds is 4. The minimum atomic E-state index is -0.858. The highest BCUT2D eigenvalue weighted by atomic mass is 35.5. The topological polar surface area (TPSA) is 49.7 Å². The number of ether oxygens (including phenoxy) is 1. The monoisotopic (exact) mass is 216 g/mol. The van der Waals surface area contributed by atoms with E-state index in [0.29, 0.717) is 10.6 Å². The first kappa shape index (κ1) is 11.5. The first-order valence-electron chi connectivity index (χ1n) is 4.26. The Bertz CT molecular complexity index is 286. The van der Waals surface area contributed by atoms with Crippen LogP contribution >= 0.6 is 11.6 Å². The van der Waals surface area contributed by atoms with E-state index in [4.69, 9.17) is 21.4 Å². The second-order valence-corrected chi connectivity index (χ2v) is 3.39. The Morgan fingerprint density at radius 2 is 2.21 bits per heavy atom. The van der Waals surface area contributed by atoms with Crippen molar-refractivity contribution >= 4 is 11.6 Å². The normalized spacial score (nSPS) is 15.1. The molecule has 0 saturated carbocycles. The van der Waals surface area contributed by atoms with Crippen LogP contribution in [0.5, 0.6) is 0 Å². The number of aliphatic hydroxyl groups is 2. The van der Waals surface area contributed by atoms with Crippen molar-refractivity contribution in [3.8, 4) is 0 Å². The summed E-state index contributed by atoms with van der Waals surface area (Å²) in [6.45, 7) is -0.232. The Morgan fingerprint density at radius 3 is 2.71 bits per heavy atom. The van der Waals surface area contributed by atoms with Crippen molar-refractivity contribution in [1.29, 1.82) is 0 Å². The largest absolute Gasteiger partial charge is 0.394 e. The van der Waals surface area contributed by atoms with Crippen LogP contribution in [0.2, 0.25) is 5.02 Å². The van der Waals surface area contributed by atoms with Gasteiger partial charge in [0.25, 0.3) is 0 Å². The van der Waals surface area contributed by atoms with Gasteiger partial charge in [0.15, 0.2) is 0 Å². The van der Waals surface area contributed by atoms with Crippen molar-refractivity contribution in [2.24, 2.45) is 0 Å². The molecule has 0 aliphatic heterocycles. The van der Waals surface area contributed by atoms with Gasteiger partial charge in [0, 0.05) is 12.1 Å². The zero-order valence-corrected chi connectivity index (χ0v) is 8.61. The average Bonchev–Trinajstić information content (AvgIpc) is 2.19. The second kappa shape index (κ2) is 5.32.